The van der Waals surface area contributed by atoms with Crippen molar-refractivity contribution in [2.24, 2.45) is 0 Å². The van der Waals surface area contributed by atoms with Crippen LogP contribution in [0.1, 0.15) is 21.5 Å². The first-order valence-electron chi connectivity index (χ1n) is 7.48. The zero-order valence-electron chi connectivity index (χ0n) is 13.2. The molecule has 1 unspecified atom stereocenters. The van der Waals surface area contributed by atoms with E-state index in [0.717, 1.165) is 5.56 Å². The van der Waals surface area contributed by atoms with Crippen LogP contribution in [0.2, 0.25) is 0 Å². The summed E-state index contributed by atoms with van der Waals surface area (Å²) in [5, 5.41) is 20.4. The van der Waals surface area contributed by atoms with Gasteiger partial charge in [-0.1, -0.05) is 42.5 Å². The minimum atomic E-state index is -1.21. The summed E-state index contributed by atoms with van der Waals surface area (Å²) in [5.74, 6) is -2.28. The largest absolute Gasteiger partial charge is 0.480 e. The Morgan fingerprint density at radius 3 is 2.12 bits per heavy atom. The van der Waals surface area contributed by atoms with Gasteiger partial charge in [0.05, 0.1) is 5.56 Å². The molecule has 130 valence electrons. The number of aliphatic carboxylic acids is 1. The van der Waals surface area contributed by atoms with E-state index < -0.39 is 24.1 Å². The molecule has 0 radical (unpaired) electrons. The molecule has 0 spiro atoms. The fourth-order valence-electron chi connectivity index (χ4n) is 2.13. The average Bonchev–Trinajstić information content (AvgIpc) is 2.60. The molecular weight excluding hydrogens is 326 g/mol. The lowest BCUT2D eigenvalue weighted by Crippen LogP contribution is -2.42. The number of hydrogen-bond acceptors (Lipinski definition) is 4. The SMILES string of the molecule is O=C(NC(Cc1ccc(C(=O)O)cc1)C(=O)O)OCc1ccccc1. The molecule has 3 N–H and O–H groups in total. The van der Waals surface area contributed by atoms with Gasteiger partial charge >= 0.3 is 18.0 Å². The number of carboxylic acid groups (broad SMARTS) is 2. The molecule has 2 aromatic carbocycles. The van der Waals surface area contributed by atoms with Gasteiger partial charge in [0.25, 0.3) is 0 Å². The van der Waals surface area contributed by atoms with Crippen molar-refractivity contribution in [2.45, 2.75) is 19.1 Å². The van der Waals surface area contributed by atoms with Crippen molar-refractivity contribution >= 4 is 18.0 Å². The van der Waals surface area contributed by atoms with Gasteiger partial charge in [0.15, 0.2) is 0 Å². The number of carboxylic acids is 2. The highest BCUT2D eigenvalue weighted by Crippen LogP contribution is 2.08. The zero-order valence-corrected chi connectivity index (χ0v) is 13.2. The smallest absolute Gasteiger partial charge is 0.408 e. The van der Waals surface area contributed by atoms with E-state index in [9.17, 15) is 19.5 Å². The molecule has 0 saturated heterocycles. The van der Waals surface area contributed by atoms with E-state index in [4.69, 9.17) is 9.84 Å². The molecular formula is C18H17NO6. The number of carbonyl (C=O) groups excluding carboxylic acids is 1. The Kier molecular flexibility index (Phi) is 6.11. The Morgan fingerprint density at radius 1 is 0.920 bits per heavy atom. The van der Waals surface area contributed by atoms with E-state index in [-0.39, 0.29) is 18.6 Å². The lowest BCUT2D eigenvalue weighted by Gasteiger charge is -2.15. The van der Waals surface area contributed by atoms with Gasteiger partial charge in [-0.2, -0.15) is 0 Å². The number of rotatable bonds is 7. The maximum absolute atomic E-state index is 11.8. The fraction of sp³-hybridized carbons (Fsp3) is 0.167. The number of alkyl carbamates (subject to hydrolysis) is 1. The van der Waals surface area contributed by atoms with Crippen LogP contribution in [0.3, 0.4) is 0 Å². The highest BCUT2D eigenvalue weighted by molar-refractivity contribution is 5.87. The summed E-state index contributed by atoms with van der Waals surface area (Å²) in [6.07, 6.45) is -0.825. The van der Waals surface area contributed by atoms with Crippen LogP contribution in [0.5, 0.6) is 0 Å². The number of benzene rings is 2. The first kappa shape index (κ1) is 18.0. The average molecular weight is 343 g/mol. The summed E-state index contributed by atoms with van der Waals surface area (Å²) in [4.78, 5) is 33.9. The van der Waals surface area contributed by atoms with Crippen molar-refractivity contribution in [3.63, 3.8) is 0 Å². The molecule has 0 aromatic heterocycles. The Morgan fingerprint density at radius 2 is 1.56 bits per heavy atom. The summed E-state index contributed by atoms with van der Waals surface area (Å²) in [5.41, 5.74) is 1.47. The van der Waals surface area contributed by atoms with Gasteiger partial charge in [0.1, 0.15) is 12.6 Å². The lowest BCUT2D eigenvalue weighted by molar-refractivity contribution is -0.139. The van der Waals surface area contributed by atoms with Crippen LogP contribution in [0.4, 0.5) is 4.79 Å². The summed E-state index contributed by atoms with van der Waals surface area (Å²) in [6, 6.07) is 13.6. The van der Waals surface area contributed by atoms with Gasteiger partial charge in [0, 0.05) is 6.42 Å². The molecule has 7 heteroatoms. The first-order valence-corrected chi connectivity index (χ1v) is 7.48. The topological polar surface area (TPSA) is 113 Å². The normalized spacial score (nSPS) is 11.4. The monoisotopic (exact) mass is 343 g/mol. The summed E-state index contributed by atoms with van der Waals surface area (Å²) >= 11 is 0. The summed E-state index contributed by atoms with van der Waals surface area (Å²) in [7, 11) is 0. The molecule has 7 nitrogen and oxygen atoms in total. The predicted octanol–water partition coefficient (Wildman–Crippen LogP) is 2.31. The summed E-state index contributed by atoms with van der Waals surface area (Å²) in [6.45, 7) is 0.0340. The Labute approximate surface area is 143 Å². The van der Waals surface area contributed by atoms with E-state index in [1.165, 1.54) is 24.3 Å². The van der Waals surface area contributed by atoms with Crippen molar-refractivity contribution in [1.82, 2.24) is 5.32 Å². The molecule has 1 amide bonds. The van der Waals surface area contributed by atoms with E-state index >= 15 is 0 Å². The van der Waals surface area contributed by atoms with Crippen LogP contribution in [0, 0.1) is 0 Å². The van der Waals surface area contributed by atoms with E-state index in [0.29, 0.717) is 5.56 Å². The Hall–Kier alpha value is -3.35. The van der Waals surface area contributed by atoms with Crippen LogP contribution in [0.15, 0.2) is 54.6 Å². The van der Waals surface area contributed by atoms with Crippen LogP contribution in [-0.2, 0) is 22.6 Å². The van der Waals surface area contributed by atoms with E-state index in [1.807, 2.05) is 6.07 Å². The number of carbonyl (C=O) groups is 3. The minimum Gasteiger partial charge on any atom is -0.480 e. The highest BCUT2D eigenvalue weighted by Gasteiger charge is 2.21. The Balaban J connectivity index is 1.92. The van der Waals surface area contributed by atoms with Crippen molar-refractivity contribution < 1.29 is 29.3 Å². The number of hydrogen-bond donors (Lipinski definition) is 3. The molecule has 2 rings (SSSR count). The molecule has 0 heterocycles. The summed E-state index contributed by atoms with van der Waals surface area (Å²) < 4.78 is 5.01. The highest BCUT2D eigenvalue weighted by atomic mass is 16.5. The standard InChI is InChI=1S/C18H17NO6/c20-16(21)14-8-6-12(7-9-14)10-15(17(22)23)19-18(24)25-11-13-4-2-1-3-5-13/h1-9,15H,10-11H2,(H,19,24)(H,20,21)(H,22,23). The molecule has 0 aliphatic heterocycles. The van der Waals surface area contributed by atoms with Gasteiger partial charge in [-0.25, -0.2) is 14.4 Å². The van der Waals surface area contributed by atoms with E-state index in [1.54, 1.807) is 24.3 Å². The lowest BCUT2D eigenvalue weighted by atomic mass is 10.0. The second kappa shape index (κ2) is 8.49. The van der Waals surface area contributed by atoms with Gasteiger partial charge in [-0.3, -0.25) is 0 Å². The van der Waals surface area contributed by atoms with Gasteiger partial charge in [0.2, 0.25) is 0 Å². The molecule has 0 bridgehead atoms. The fourth-order valence-corrected chi connectivity index (χ4v) is 2.13. The minimum absolute atomic E-state index is 0.00959. The molecule has 0 aliphatic rings. The van der Waals surface area contributed by atoms with Crippen molar-refractivity contribution in [3.8, 4) is 0 Å². The molecule has 2 aromatic rings. The number of ether oxygens (including phenoxy) is 1. The zero-order chi connectivity index (χ0) is 18.2. The molecule has 1 atom stereocenters. The molecule has 25 heavy (non-hydrogen) atoms. The first-order chi connectivity index (χ1) is 12.0. The maximum Gasteiger partial charge on any atom is 0.408 e. The molecule has 0 aliphatic carbocycles. The number of aromatic carboxylic acids is 1. The second-order valence-electron chi connectivity index (χ2n) is 5.30. The third-order valence-corrected chi connectivity index (χ3v) is 3.44. The second-order valence-corrected chi connectivity index (χ2v) is 5.30. The van der Waals surface area contributed by atoms with Crippen LogP contribution < -0.4 is 5.32 Å². The predicted molar refractivity (Wildman–Crippen MR) is 88.3 cm³/mol. The third kappa shape index (κ3) is 5.65. The van der Waals surface area contributed by atoms with Gasteiger partial charge < -0.3 is 20.3 Å². The van der Waals surface area contributed by atoms with Crippen molar-refractivity contribution in [2.75, 3.05) is 0 Å². The van der Waals surface area contributed by atoms with Crippen molar-refractivity contribution in [1.29, 1.82) is 0 Å². The van der Waals surface area contributed by atoms with Gasteiger partial charge in [-0.05, 0) is 23.3 Å². The van der Waals surface area contributed by atoms with E-state index in [2.05, 4.69) is 5.32 Å². The molecule has 0 fully saturated rings. The van der Waals surface area contributed by atoms with Crippen LogP contribution >= 0.6 is 0 Å². The van der Waals surface area contributed by atoms with Crippen LogP contribution in [0.25, 0.3) is 0 Å². The third-order valence-electron chi connectivity index (χ3n) is 3.44. The number of nitrogens with one attached hydrogen (secondary N) is 1. The van der Waals surface area contributed by atoms with Crippen LogP contribution in [-0.4, -0.2) is 34.3 Å². The molecule has 0 saturated carbocycles. The van der Waals surface area contributed by atoms with Gasteiger partial charge in [-0.15, -0.1) is 0 Å². The van der Waals surface area contributed by atoms with Crippen molar-refractivity contribution in [3.05, 3.63) is 71.3 Å². The quantitative estimate of drug-likeness (QED) is 0.711. The maximum atomic E-state index is 11.8. The Bertz CT molecular complexity index is 742. The number of amides is 1.